The van der Waals surface area contributed by atoms with Crippen LogP contribution in [0.3, 0.4) is 0 Å². The van der Waals surface area contributed by atoms with E-state index in [-0.39, 0.29) is 0 Å². The maximum Gasteiger partial charge on any atom is 0.490 e. The highest BCUT2D eigenvalue weighted by atomic mass is 32.1. The number of piperidine rings is 1. The summed E-state index contributed by atoms with van der Waals surface area (Å²) in [6.45, 7) is 7.09. The molecule has 3 fully saturated rings. The molecule has 3 atom stereocenters. The van der Waals surface area contributed by atoms with E-state index in [4.69, 9.17) is 24.5 Å². The predicted molar refractivity (Wildman–Crippen MR) is 114 cm³/mol. The Kier molecular flexibility index (Phi) is 10.8. The summed E-state index contributed by atoms with van der Waals surface area (Å²) in [4.78, 5) is 23.2. The lowest BCUT2D eigenvalue weighted by Gasteiger charge is -2.48. The molecule has 2 N–H and O–H groups in total. The molecule has 200 valence electrons. The molecule has 0 aliphatic carbocycles. The van der Waals surface area contributed by atoms with Gasteiger partial charge in [0.25, 0.3) is 0 Å². The van der Waals surface area contributed by atoms with Crippen molar-refractivity contribution in [2.45, 2.75) is 56.7 Å². The van der Waals surface area contributed by atoms with Crippen molar-refractivity contribution < 1.29 is 50.9 Å². The van der Waals surface area contributed by atoms with Gasteiger partial charge in [-0.05, 0) is 67.1 Å². The van der Waals surface area contributed by atoms with Crippen molar-refractivity contribution >= 4 is 23.3 Å². The molecule has 3 aliphatic heterocycles. The number of nitrogens with zero attached hydrogens (tertiary/aromatic N) is 2. The first kappa shape index (κ1) is 29.3. The van der Waals surface area contributed by atoms with Gasteiger partial charge in [-0.2, -0.15) is 37.7 Å². The van der Waals surface area contributed by atoms with Gasteiger partial charge in [-0.15, -0.1) is 0 Å². The van der Waals surface area contributed by atoms with Crippen molar-refractivity contribution in [1.29, 1.82) is 0 Å². The number of aliphatic carboxylic acids is 2. The fraction of sp³-hybridized carbons (Fsp3) is 0.714. The lowest BCUT2D eigenvalue weighted by atomic mass is 9.84. The first-order valence-electron chi connectivity index (χ1n) is 11.0. The molecule has 0 bridgehead atoms. The standard InChI is InChI=1S/C17H26N2OS.2C2HF3O2/c1-2-7-19(6-1)16-12-18(10-14-5-9-21-13-14)11-15-4-3-8-20-17(15)16;2*3-2(4,5)1(6)7/h5,9,13,15-17H,1-4,6-8,10-12H2;2*(H,6,7)/t15-,16+,17-;;/m0../s1. The van der Waals surface area contributed by atoms with Crippen LogP contribution in [0.1, 0.15) is 31.2 Å². The lowest BCUT2D eigenvalue weighted by molar-refractivity contribution is -0.193. The number of ether oxygens (including phenoxy) is 1. The van der Waals surface area contributed by atoms with E-state index in [0.717, 1.165) is 19.1 Å². The highest BCUT2D eigenvalue weighted by molar-refractivity contribution is 7.07. The van der Waals surface area contributed by atoms with Crippen molar-refractivity contribution in [3.05, 3.63) is 22.4 Å². The summed E-state index contributed by atoms with van der Waals surface area (Å²) < 4.78 is 69.7. The topological polar surface area (TPSA) is 90.3 Å². The number of thiophene rings is 1. The SMILES string of the molecule is O=C(O)C(F)(F)F.O=C(O)C(F)(F)F.c1cc(CN2C[C@@H]3CCCO[C@@H]3[C@H](N3CCCC3)C2)cs1. The third-order valence-electron chi connectivity index (χ3n) is 5.89. The molecule has 4 rings (SSSR count). The Labute approximate surface area is 202 Å². The summed E-state index contributed by atoms with van der Waals surface area (Å²) in [5.41, 5.74) is 1.48. The van der Waals surface area contributed by atoms with Crippen molar-refractivity contribution in [3.63, 3.8) is 0 Å². The normalized spacial score (nSPS) is 25.5. The van der Waals surface area contributed by atoms with Gasteiger partial charge in [0.1, 0.15) is 0 Å². The van der Waals surface area contributed by atoms with Crippen molar-refractivity contribution in [2.75, 3.05) is 32.8 Å². The van der Waals surface area contributed by atoms with Crippen molar-refractivity contribution in [3.8, 4) is 0 Å². The van der Waals surface area contributed by atoms with E-state index in [1.807, 2.05) is 11.3 Å². The summed E-state index contributed by atoms with van der Waals surface area (Å²) in [5.74, 6) is -4.77. The van der Waals surface area contributed by atoms with Gasteiger partial charge in [-0.3, -0.25) is 9.80 Å². The van der Waals surface area contributed by atoms with Crippen LogP contribution in [0.25, 0.3) is 0 Å². The van der Waals surface area contributed by atoms with Gasteiger partial charge >= 0.3 is 24.3 Å². The van der Waals surface area contributed by atoms with Crippen LogP contribution in [-0.2, 0) is 20.9 Å². The smallest absolute Gasteiger partial charge is 0.475 e. The minimum absolute atomic E-state index is 0.496. The summed E-state index contributed by atoms with van der Waals surface area (Å²) in [7, 11) is 0. The van der Waals surface area contributed by atoms with Gasteiger partial charge in [-0.25, -0.2) is 9.59 Å². The second-order valence-electron chi connectivity index (χ2n) is 8.48. The monoisotopic (exact) mass is 534 g/mol. The third-order valence-corrected chi connectivity index (χ3v) is 6.62. The number of rotatable bonds is 3. The van der Waals surface area contributed by atoms with E-state index < -0.39 is 24.3 Å². The molecule has 0 unspecified atom stereocenters. The van der Waals surface area contributed by atoms with Crippen LogP contribution in [0, 0.1) is 5.92 Å². The van der Waals surface area contributed by atoms with Gasteiger partial charge in [-0.1, -0.05) is 0 Å². The number of hydrogen-bond donors (Lipinski definition) is 2. The third kappa shape index (κ3) is 9.58. The molecule has 4 heterocycles. The fourth-order valence-corrected chi connectivity index (χ4v) is 5.09. The van der Waals surface area contributed by atoms with Crippen LogP contribution in [-0.4, -0.2) is 89.2 Å². The zero-order chi connectivity index (χ0) is 26.2. The van der Waals surface area contributed by atoms with Crippen LogP contribution >= 0.6 is 11.3 Å². The van der Waals surface area contributed by atoms with Crippen LogP contribution in [0.5, 0.6) is 0 Å². The second-order valence-corrected chi connectivity index (χ2v) is 9.26. The Hall–Kier alpha value is -1.90. The predicted octanol–water partition coefficient (Wildman–Crippen LogP) is 4.09. The number of likely N-dealkylation sites (tertiary alicyclic amines) is 2. The number of fused-ring (bicyclic) bond motifs is 1. The number of carboxylic acid groups (broad SMARTS) is 2. The van der Waals surface area contributed by atoms with Crippen LogP contribution in [0.2, 0.25) is 0 Å². The van der Waals surface area contributed by atoms with Gasteiger partial charge < -0.3 is 14.9 Å². The molecule has 1 aromatic heterocycles. The highest BCUT2D eigenvalue weighted by Crippen LogP contribution is 2.33. The van der Waals surface area contributed by atoms with Gasteiger partial charge in [0.15, 0.2) is 0 Å². The Morgan fingerprint density at radius 2 is 1.57 bits per heavy atom. The van der Waals surface area contributed by atoms with E-state index in [1.54, 1.807) is 0 Å². The van der Waals surface area contributed by atoms with Gasteiger partial charge in [0.2, 0.25) is 0 Å². The van der Waals surface area contributed by atoms with Crippen LogP contribution in [0.4, 0.5) is 26.3 Å². The fourth-order valence-electron chi connectivity index (χ4n) is 4.43. The van der Waals surface area contributed by atoms with Gasteiger partial charge in [0.05, 0.1) is 6.10 Å². The first-order valence-corrected chi connectivity index (χ1v) is 11.9. The summed E-state index contributed by atoms with van der Waals surface area (Å²) in [5, 5.41) is 18.7. The Bertz CT molecular complexity index is 775. The number of carboxylic acids is 2. The molecule has 0 saturated carbocycles. The molecular weight excluding hydrogens is 506 g/mol. The van der Waals surface area contributed by atoms with E-state index >= 15 is 0 Å². The van der Waals surface area contributed by atoms with Crippen LogP contribution in [0.15, 0.2) is 16.8 Å². The zero-order valence-electron chi connectivity index (χ0n) is 18.7. The molecule has 3 saturated heterocycles. The zero-order valence-corrected chi connectivity index (χ0v) is 19.5. The maximum atomic E-state index is 10.6. The minimum Gasteiger partial charge on any atom is -0.475 e. The molecule has 35 heavy (non-hydrogen) atoms. The Morgan fingerprint density at radius 1 is 1.00 bits per heavy atom. The molecule has 3 aliphatic rings. The summed E-state index contributed by atoms with van der Waals surface area (Å²) >= 11 is 1.82. The number of alkyl halides is 6. The quantitative estimate of drug-likeness (QED) is 0.565. The number of carbonyl (C=O) groups is 2. The highest BCUT2D eigenvalue weighted by Gasteiger charge is 2.42. The summed E-state index contributed by atoms with van der Waals surface area (Å²) in [6, 6.07) is 2.91. The lowest BCUT2D eigenvalue weighted by Crippen LogP contribution is -2.60. The molecule has 7 nitrogen and oxygen atoms in total. The van der Waals surface area contributed by atoms with E-state index in [0.29, 0.717) is 12.1 Å². The molecule has 1 aromatic rings. The second kappa shape index (κ2) is 12.9. The molecule has 0 aromatic carbocycles. The number of hydrogen-bond acceptors (Lipinski definition) is 6. The van der Waals surface area contributed by atoms with Gasteiger partial charge in [0, 0.05) is 32.3 Å². The maximum absolute atomic E-state index is 10.6. The summed E-state index contributed by atoms with van der Waals surface area (Å²) in [6.07, 6.45) is -4.32. The first-order chi connectivity index (χ1) is 16.3. The average Bonchev–Trinajstić information content (AvgIpc) is 3.47. The Morgan fingerprint density at radius 3 is 2.06 bits per heavy atom. The molecule has 14 heteroatoms. The number of halogens is 6. The minimum atomic E-state index is -5.08. The van der Waals surface area contributed by atoms with Crippen LogP contribution < -0.4 is 0 Å². The van der Waals surface area contributed by atoms with E-state index in [9.17, 15) is 26.3 Å². The molecular formula is C21H28F6N2O5S. The molecule has 0 spiro atoms. The van der Waals surface area contributed by atoms with E-state index in [1.165, 1.54) is 57.4 Å². The molecule has 0 amide bonds. The van der Waals surface area contributed by atoms with Crippen molar-refractivity contribution in [2.24, 2.45) is 5.92 Å². The van der Waals surface area contributed by atoms with Crippen molar-refractivity contribution in [1.82, 2.24) is 9.80 Å². The largest absolute Gasteiger partial charge is 0.490 e. The molecule has 0 radical (unpaired) electrons. The Balaban J connectivity index is 0.000000257. The average molecular weight is 535 g/mol. The van der Waals surface area contributed by atoms with E-state index in [2.05, 4.69) is 26.6 Å².